The molecule has 1 aliphatic rings. The van der Waals surface area contributed by atoms with Crippen LogP contribution in [0.25, 0.3) is 6.08 Å². The van der Waals surface area contributed by atoms with E-state index in [1.165, 1.54) is 12.1 Å². The smallest absolute Gasteiger partial charge is 0.293 e. The lowest BCUT2D eigenvalue weighted by atomic mass is 10.2. The summed E-state index contributed by atoms with van der Waals surface area (Å²) < 4.78 is 5.77. The third-order valence-electron chi connectivity index (χ3n) is 4.91. The van der Waals surface area contributed by atoms with Crippen molar-refractivity contribution in [1.82, 2.24) is 4.90 Å². The summed E-state index contributed by atoms with van der Waals surface area (Å²) in [6.07, 6.45) is 1.64. The van der Waals surface area contributed by atoms with Crippen LogP contribution in [0.1, 0.15) is 16.7 Å². The Morgan fingerprint density at radius 2 is 1.71 bits per heavy atom. The normalized spacial score (nSPS) is 14.6. The van der Waals surface area contributed by atoms with Crippen molar-refractivity contribution in [3.63, 3.8) is 0 Å². The Kier molecular flexibility index (Phi) is 7.21. The molecule has 0 N–H and O–H groups in total. The zero-order valence-electron chi connectivity index (χ0n) is 17.4. The predicted molar refractivity (Wildman–Crippen MR) is 132 cm³/mol. The van der Waals surface area contributed by atoms with Crippen LogP contribution in [0.15, 0.2) is 71.6 Å². The molecule has 3 aromatic carbocycles. The number of ether oxygens (including phenoxy) is 1. The Labute approximate surface area is 209 Å². The Balaban J connectivity index is 1.43. The molecule has 0 bridgehead atoms. The standard InChI is InChI=1S/C24H16Cl2N2O5S/c25-20-9-6-17(11-21(20)26)13-27-23(29)22(34-24(27)30)12-16-2-1-3-19(10-16)33-14-15-4-7-18(8-5-15)28(31)32/h1-12H,13-14H2/b22-12-. The highest BCUT2D eigenvalue weighted by Crippen LogP contribution is 2.34. The summed E-state index contributed by atoms with van der Waals surface area (Å²) in [5, 5.41) is 11.1. The third kappa shape index (κ3) is 5.59. The van der Waals surface area contributed by atoms with Crippen molar-refractivity contribution in [3.8, 4) is 5.75 Å². The van der Waals surface area contributed by atoms with Gasteiger partial charge in [0.15, 0.2) is 0 Å². The third-order valence-corrected chi connectivity index (χ3v) is 6.55. The highest BCUT2D eigenvalue weighted by Gasteiger charge is 2.35. The van der Waals surface area contributed by atoms with Gasteiger partial charge in [0.2, 0.25) is 0 Å². The molecule has 34 heavy (non-hydrogen) atoms. The maximum Gasteiger partial charge on any atom is 0.293 e. The molecule has 10 heteroatoms. The average Bonchev–Trinajstić information content (AvgIpc) is 3.08. The predicted octanol–water partition coefficient (Wildman–Crippen LogP) is 6.72. The lowest BCUT2D eigenvalue weighted by Crippen LogP contribution is -2.27. The summed E-state index contributed by atoms with van der Waals surface area (Å²) in [4.78, 5) is 37.0. The second-order valence-electron chi connectivity index (χ2n) is 7.30. The van der Waals surface area contributed by atoms with Gasteiger partial charge < -0.3 is 4.74 Å². The van der Waals surface area contributed by atoms with Crippen LogP contribution in [0.5, 0.6) is 5.75 Å². The Morgan fingerprint density at radius 1 is 0.971 bits per heavy atom. The van der Waals surface area contributed by atoms with E-state index in [0.29, 0.717) is 31.8 Å². The van der Waals surface area contributed by atoms with Crippen LogP contribution in [0.3, 0.4) is 0 Å². The first-order chi connectivity index (χ1) is 16.3. The van der Waals surface area contributed by atoms with E-state index in [-0.39, 0.29) is 24.1 Å². The van der Waals surface area contributed by atoms with Crippen molar-refractivity contribution in [2.75, 3.05) is 0 Å². The summed E-state index contributed by atoms with van der Waals surface area (Å²) in [5.41, 5.74) is 2.18. The molecule has 0 radical (unpaired) electrons. The minimum atomic E-state index is -0.458. The fourth-order valence-corrected chi connectivity index (χ4v) is 4.34. The summed E-state index contributed by atoms with van der Waals surface area (Å²) in [6.45, 7) is 0.318. The number of carbonyl (C=O) groups excluding carboxylic acids is 2. The second-order valence-corrected chi connectivity index (χ2v) is 9.11. The van der Waals surface area contributed by atoms with Gasteiger partial charge in [0.05, 0.1) is 26.4 Å². The highest BCUT2D eigenvalue weighted by atomic mass is 35.5. The van der Waals surface area contributed by atoms with Gasteiger partial charge >= 0.3 is 0 Å². The number of nitro benzene ring substituents is 1. The molecule has 0 saturated carbocycles. The Hall–Kier alpha value is -3.33. The van der Waals surface area contributed by atoms with Gasteiger partial charge in [0.1, 0.15) is 12.4 Å². The molecule has 1 saturated heterocycles. The molecule has 1 heterocycles. The quantitative estimate of drug-likeness (QED) is 0.197. The van der Waals surface area contributed by atoms with E-state index in [0.717, 1.165) is 22.2 Å². The molecule has 1 aliphatic heterocycles. The monoisotopic (exact) mass is 514 g/mol. The first kappa shape index (κ1) is 23.8. The number of hydrogen-bond donors (Lipinski definition) is 0. The van der Waals surface area contributed by atoms with Gasteiger partial charge in [-0.15, -0.1) is 0 Å². The van der Waals surface area contributed by atoms with Gasteiger partial charge in [-0.05, 0) is 70.9 Å². The van der Waals surface area contributed by atoms with Crippen molar-refractivity contribution < 1.29 is 19.2 Å². The van der Waals surface area contributed by atoms with Crippen molar-refractivity contribution in [2.24, 2.45) is 0 Å². The number of imide groups is 1. The number of non-ortho nitro benzene ring substituents is 1. The number of carbonyl (C=O) groups is 2. The van der Waals surface area contributed by atoms with Gasteiger partial charge in [-0.1, -0.05) is 41.4 Å². The van der Waals surface area contributed by atoms with E-state index in [9.17, 15) is 19.7 Å². The first-order valence-electron chi connectivity index (χ1n) is 9.95. The van der Waals surface area contributed by atoms with Crippen molar-refractivity contribution in [3.05, 3.63) is 108 Å². The molecule has 4 rings (SSSR count). The van der Waals surface area contributed by atoms with Crippen LogP contribution in [-0.2, 0) is 17.9 Å². The molecule has 7 nitrogen and oxygen atoms in total. The van der Waals surface area contributed by atoms with E-state index in [1.54, 1.807) is 60.7 Å². The Morgan fingerprint density at radius 3 is 2.41 bits per heavy atom. The number of halogens is 2. The fraction of sp³-hybridized carbons (Fsp3) is 0.0833. The van der Waals surface area contributed by atoms with Crippen LogP contribution in [-0.4, -0.2) is 21.0 Å². The van der Waals surface area contributed by atoms with Gasteiger partial charge in [-0.3, -0.25) is 24.6 Å². The number of hydrogen-bond acceptors (Lipinski definition) is 6. The maximum atomic E-state index is 12.8. The van der Waals surface area contributed by atoms with E-state index in [2.05, 4.69) is 0 Å². The molecular weight excluding hydrogens is 499 g/mol. The summed E-state index contributed by atoms with van der Waals surface area (Å²) in [5.74, 6) is 0.167. The Bertz CT molecular complexity index is 1310. The van der Waals surface area contributed by atoms with E-state index < -0.39 is 10.8 Å². The fourth-order valence-electron chi connectivity index (χ4n) is 3.18. The zero-order chi connectivity index (χ0) is 24.2. The lowest BCUT2D eigenvalue weighted by molar-refractivity contribution is -0.384. The molecule has 0 unspecified atom stereocenters. The molecule has 1 fully saturated rings. The van der Waals surface area contributed by atoms with E-state index in [1.807, 2.05) is 0 Å². The SMILES string of the molecule is O=C1S/C(=C\c2cccc(OCc3ccc([N+](=O)[O-])cc3)c2)C(=O)N1Cc1ccc(Cl)c(Cl)c1. The number of amides is 2. The molecule has 0 spiro atoms. The van der Waals surface area contributed by atoms with Crippen LogP contribution in [0.4, 0.5) is 10.5 Å². The van der Waals surface area contributed by atoms with Crippen LogP contribution < -0.4 is 4.74 Å². The molecular formula is C24H16Cl2N2O5S. The van der Waals surface area contributed by atoms with Gasteiger partial charge in [-0.25, -0.2) is 0 Å². The number of rotatable bonds is 7. The highest BCUT2D eigenvalue weighted by molar-refractivity contribution is 8.18. The zero-order valence-corrected chi connectivity index (χ0v) is 19.8. The number of thioether (sulfide) groups is 1. The molecule has 0 aliphatic carbocycles. The van der Waals surface area contributed by atoms with Crippen LogP contribution >= 0.6 is 35.0 Å². The van der Waals surface area contributed by atoms with Crippen molar-refractivity contribution in [2.45, 2.75) is 13.2 Å². The summed E-state index contributed by atoms with van der Waals surface area (Å²) in [6, 6.07) is 18.1. The minimum absolute atomic E-state index is 0.0128. The van der Waals surface area contributed by atoms with Crippen molar-refractivity contribution >= 4 is 57.9 Å². The number of nitro groups is 1. The van der Waals surface area contributed by atoms with E-state index >= 15 is 0 Å². The van der Waals surface area contributed by atoms with Crippen LogP contribution in [0, 0.1) is 10.1 Å². The van der Waals surface area contributed by atoms with E-state index in [4.69, 9.17) is 27.9 Å². The molecule has 0 atom stereocenters. The number of benzene rings is 3. The second kappa shape index (κ2) is 10.3. The molecule has 2 amide bonds. The molecule has 0 aromatic heterocycles. The largest absolute Gasteiger partial charge is 0.489 e. The van der Waals surface area contributed by atoms with Gasteiger partial charge in [-0.2, -0.15) is 0 Å². The molecule has 3 aromatic rings. The van der Waals surface area contributed by atoms with Gasteiger partial charge in [0.25, 0.3) is 16.8 Å². The molecule has 172 valence electrons. The average molecular weight is 515 g/mol. The van der Waals surface area contributed by atoms with Gasteiger partial charge in [0, 0.05) is 12.1 Å². The maximum absolute atomic E-state index is 12.8. The minimum Gasteiger partial charge on any atom is -0.489 e. The number of nitrogens with zero attached hydrogens (tertiary/aromatic N) is 2. The van der Waals surface area contributed by atoms with Crippen LogP contribution in [0.2, 0.25) is 10.0 Å². The lowest BCUT2D eigenvalue weighted by Gasteiger charge is -2.13. The summed E-state index contributed by atoms with van der Waals surface area (Å²) in [7, 11) is 0. The topological polar surface area (TPSA) is 89.7 Å². The first-order valence-corrected chi connectivity index (χ1v) is 11.5. The summed E-state index contributed by atoms with van der Waals surface area (Å²) >= 11 is 12.8. The van der Waals surface area contributed by atoms with Crippen molar-refractivity contribution in [1.29, 1.82) is 0 Å².